The van der Waals surface area contributed by atoms with E-state index in [1.54, 1.807) is 6.07 Å². The van der Waals surface area contributed by atoms with Gasteiger partial charge in [-0.2, -0.15) is 5.10 Å². The van der Waals surface area contributed by atoms with Crippen LogP contribution >= 0.6 is 0 Å². The van der Waals surface area contributed by atoms with Crippen molar-refractivity contribution in [2.45, 2.75) is 52.1 Å². The molecule has 130 valence electrons. The van der Waals surface area contributed by atoms with Gasteiger partial charge in [-0.05, 0) is 25.8 Å². The summed E-state index contributed by atoms with van der Waals surface area (Å²) in [4.78, 5) is 14.9. The third-order valence-corrected chi connectivity index (χ3v) is 4.45. The molecule has 0 aliphatic carbocycles. The molecule has 2 aromatic rings. The summed E-state index contributed by atoms with van der Waals surface area (Å²) in [5, 5.41) is 11.1. The van der Waals surface area contributed by atoms with E-state index in [9.17, 15) is 4.79 Å². The molecule has 1 amide bonds. The number of rotatable bonds is 7. The number of aryl methyl sites for hydroxylation is 2. The van der Waals surface area contributed by atoms with Crippen LogP contribution in [-0.4, -0.2) is 44.9 Å². The highest BCUT2D eigenvalue weighted by Gasteiger charge is 2.37. The third kappa shape index (κ3) is 3.67. The van der Waals surface area contributed by atoms with Gasteiger partial charge in [0.05, 0.1) is 18.3 Å². The molecule has 1 fully saturated rings. The second kappa shape index (κ2) is 7.17. The largest absolute Gasteiger partial charge is 0.360 e. The minimum Gasteiger partial charge on any atom is -0.360 e. The molecular formula is C17H25N5O2. The van der Waals surface area contributed by atoms with Crippen molar-refractivity contribution in [3.05, 3.63) is 29.8 Å². The van der Waals surface area contributed by atoms with Crippen molar-refractivity contribution in [3.63, 3.8) is 0 Å². The second-order valence-corrected chi connectivity index (χ2v) is 6.58. The van der Waals surface area contributed by atoms with Crippen molar-refractivity contribution in [1.82, 2.24) is 19.8 Å². The van der Waals surface area contributed by atoms with Crippen LogP contribution in [0.2, 0.25) is 0 Å². The first-order valence-electron chi connectivity index (χ1n) is 8.55. The van der Waals surface area contributed by atoms with Crippen molar-refractivity contribution >= 4 is 11.7 Å². The van der Waals surface area contributed by atoms with E-state index in [4.69, 9.17) is 4.52 Å². The van der Waals surface area contributed by atoms with E-state index in [1.165, 1.54) is 0 Å². The summed E-state index contributed by atoms with van der Waals surface area (Å²) in [6.07, 6.45) is 6.88. The number of amides is 1. The van der Waals surface area contributed by atoms with Gasteiger partial charge in [0.1, 0.15) is 5.76 Å². The van der Waals surface area contributed by atoms with Gasteiger partial charge in [0, 0.05) is 25.4 Å². The molecule has 2 aromatic heterocycles. The Morgan fingerprint density at radius 3 is 2.83 bits per heavy atom. The van der Waals surface area contributed by atoms with Gasteiger partial charge in [0.25, 0.3) is 0 Å². The fourth-order valence-electron chi connectivity index (χ4n) is 3.05. The van der Waals surface area contributed by atoms with E-state index in [1.807, 2.05) is 24.7 Å². The maximum absolute atomic E-state index is 12.7. The topological polar surface area (TPSA) is 76.2 Å². The summed E-state index contributed by atoms with van der Waals surface area (Å²) in [7, 11) is 0. The average molecular weight is 331 g/mol. The Bertz CT molecular complexity index is 687. The molecule has 1 saturated heterocycles. The van der Waals surface area contributed by atoms with Gasteiger partial charge < -0.3 is 9.84 Å². The molecular weight excluding hydrogens is 306 g/mol. The molecule has 0 aromatic carbocycles. The van der Waals surface area contributed by atoms with Crippen molar-refractivity contribution in [2.75, 3.05) is 18.4 Å². The number of anilines is 1. The van der Waals surface area contributed by atoms with Crippen LogP contribution in [0.25, 0.3) is 0 Å². The quantitative estimate of drug-likeness (QED) is 0.844. The molecule has 0 radical (unpaired) electrons. The number of nitrogens with one attached hydrogen (secondary N) is 1. The lowest BCUT2D eigenvalue weighted by Crippen LogP contribution is -2.56. The van der Waals surface area contributed by atoms with E-state index >= 15 is 0 Å². The lowest BCUT2D eigenvalue weighted by Gasteiger charge is -2.43. The fourth-order valence-corrected chi connectivity index (χ4v) is 3.05. The molecule has 3 rings (SSSR count). The number of carbonyl (C=O) groups is 1. The van der Waals surface area contributed by atoms with Gasteiger partial charge >= 0.3 is 0 Å². The smallest absolute Gasteiger partial charge is 0.242 e. The predicted octanol–water partition coefficient (Wildman–Crippen LogP) is 2.54. The number of hydrogen-bond acceptors (Lipinski definition) is 5. The maximum atomic E-state index is 12.7. The highest BCUT2D eigenvalue weighted by Crippen LogP contribution is 2.26. The van der Waals surface area contributed by atoms with Crippen molar-refractivity contribution < 1.29 is 9.32 Å². The monoisotopic (exact) mass is 331 g/mol. The number of hydrogen-bond donors (Lipinski definition) is 1. The number of aromatic nitrogens is 3. The number of likely N-dealkylation sites (tertiary alicyclic amines) is 1. The molecule has 7 nitrogen and oxygen atoms in total. The fraction of sp³-hybridized carbons (Fsp3) is 0.588. The molecule has 0 spiro atoms. The van der Waals surface area contributed by atoms with Crippen molar-refractivity contribution in [2.24, 2.45) is 0 Å². The minimum absolute atomic E-state index is 0.00755. The van der Waals surface area contributed by atoms with E-state index in [2.05, 4.69) is 33.6 Å². The van der Waals surface area contributed by atoms with Crippen LogP contribution in [0.15, 0.2) is 23.0 Å². The van der Waals surface area contributed by atoms with Crippen molar-refractivity contribution in [3.8, 4) is 0 Å². The second-order valence-electron chi connectivity index (χ2n) is 6.58. The Hall–Kier alpha value is -2.15. The van der Waals surface area contributed by atoms with Gasteiger partial charge in [-0.1, -0.05) is 24.9 Å². The Kier molecular flexibility index (Phi) is 4.99. The number of unbranched alkanes of at least 4 members (excludes halogenated alkanes) is 1. The predicted molar refractivity (Wildman–Crippen MR) is 90.8 cm³/mol. The van der Waals surface area contributed by atoms with E-state index in [0.717, 1.165) is 37.9 Å². The molecule has 1 aliphatic rings. The molecule has 1 aliphatic heterocycles. The van der Waals surface area contributed by atoms with Gasteiger partial charge in [-0.15, -0.1) is 0 Å². The summed E-state index contributed by atoms with van der Waals surface area (Å²) in [6.45, 7) is 7.68. The van der Waals surface area contributed by atoms with Crippen LogP contribution in [0.1, 0.15) is 43.6 Å². The summed E-state index contributed by atoms with van der Waals surface area (Å²) in [5.74, 6) is 1.17. The van der Waals surface area contributed by atoms with Gasteiger partial charge in [-0.25, -0.2) is 0 Å². The van der Waals surface area contributed by atoms with Crippen LogP contribution in [0.4, 0.5) is 5.82 Å². The summed E-state index contributed by atoms with van der Waals surface area (Å²) in [6, 6.07) is 1.96. The Labute approximate surface area is 142 Å². The summed E-state index contributed by atoms with van der Waals surface area (Å²) in [5.41, 5.74) is 1.16. The molecule has 7 heteroatoms. The first-order chi connectivity index (χ1) is 11.6. The van der Waals surface area contributed by atoms with Gasteiger partial charge in [0.2, 0.25) is 5.91 Å². The van der Waals surface area contributed by atoms with Gasteiger partial charge in [0.15, 0.2) is 5.82 Å². The number of carbonyl (C=O) groups excluding carboxylic acids is 1. The zero-order chi connectivity index (χ0) is 17.1. The average Bonchev–Trinajstić information content (AvgIpc) is 3.09. The van der Waals surface area contributed by atoms with Crippen LogP contribution in [0.3, 0.4) is 0 Å². The molecule has 24 heavy (non-hydrogen) atoms. The standard InChI is InChI=1S/C17H25N5O2/c1-4-5-6-15(17(23)19-16-7-13(3)24-20-16)21-10-14(11-21)22-9-12(2)8-18-22/h7-9,14-15H,4-6,10-11H2,1-3H3,(H,19,20,23)/t15-/m1/s1. The normalized spacial score (nSPS) is 16.8. The lowest BCUT2D eigenvalue weighted by molar-refractivity contribution is -0.124. The zero-order valence-corrected chi connectivity index (χ0v) is 14.5. The van der Waals surface area contributed by atoms with E-state index in [-0.39, 0.29) is 11.9 Å². The van der Waals surface area contributed by atoms with Crippen molar-refractivity contribution in [1.29, 1.82) is 0 Å². The van der Waals surface area contributed by atoms with Crippen LogP contribution < -0.4 is 5.32 Å². The SMILES string of the molecule is CCCC[C@H](C(=O)Nc1cc(C)on1)N1CC(n2cc(C)cn2)C1. The molecule has 3 heterocycles. The van der Waals surface area contributed by atoms with Crippen LogP contribution in [-0.2, 0) is 4.79 Å². The zero-order valence-electron chi connectivity index (χ0n) is 14.5. The highest BCUT2D eigenvalue weighted by molar-refractivity contribution is 5.94. The Balaban J connectivity index is 1.60. The van der Waals surface area contributed by atoms with Gasteiger partial charge in [-0.3, -0.25) is 14.4 Å². The van der Waals surface area contributed by atoms with E-state index in [0.29, 0.717) is 17.6 Å². The molecule has 0 unspecified atom stereocenters. The third-order valence-electron chi connectivity index (χ3n) is 4.45. The first kappa shape index (κ1) is 16.7. The molecule has 1 N–H and O–H groups in total. The number of nitrogens with zero attached hydrogens (tertiary/aromatic N) is 4. The van der Waals surface area contributed by atoms with Crippen LogP contribution in [0, 0.1) is 13.8 Å². The molecule has 0 saturated carbocycles. The lowest BCUT2D eigenvalue weighted by atomic mass is 10.0. The summed E-state index contributed by atoms with van der Waals surface area (Å²) >= 11 is 0. The maximum Gasteiger partial charge on any atom is 0.242 e. The Morgan fingerprint density at radius 2 is 2.25 bits per heavy atom. The van der Waals surface area contributed by atoms with E-state index < -0.39 is 0 Å². The molecule has 0 bridgehead atoms. The highest BCUT2D eigenvalue weighted by atomic mass is 16.5. The molecule has 1 atom stereocenters. The van der Waals surface area contributed by atoms with Crippen LogP contribution in [0.5, 0.6) is 0 Å². The first-order valence-corrected chi connectivity index (χ1v) is 8.55. The summed E-state index contributed by atoms with van der Waals surface area (Å²) < 4.78 is 7.02. The minimum atomic E-state index is -0.130. The Morgan fingerprint density at radius 1 is 1.46 bits per heavy atom.